The van der Waals surface area contributed by atoms with Gasteiger partial charge in [-0.25, -0.2) is 8.42 Å². The van der Waals surface area contributed by atoms with Crippen LogP contribution in [0.2, 0.25) is 0 Å². The zero-order chi connectivity index (χ0) is 15.3. The van der Waals surface area contributed by atoms with Crippen molar-refractivity contribution in [1.29, 1.82) is 0 Å². The average molecular weight is 313 g/mol. The van der Waals surface area contributed by atoms with Crippen LogP contribution in [0.3, 0.4) is 0 Å². The smallest absolute Gasteiger partial charge is 0.151 e. The first-order valence-electron chi connectivity index (χ1n) is 8.05. The van der Waals surface area contributed by atoms with Crippen molar-refractivity contribution in [2.24, 2.45) is 0 Å². The minimum absolute atomic E-state index is 0.185. The third-order valence-electron chi connectivity index (χ3n) is 4.21. The van der Waals surface area contributed by atoms with E-state index in [9.17, 15) is 8.42 Å². The molecule has 1 aliphatic carbocycles. The minimum Gasteiger partial charge on any atom is -0.310 e. The molecule has 0 saturated carbocycles. The van der Waals surface area contributed by atoms with Gasteiger partial charge in [-0.15, -0.1) is 0 Å². The Bertz CT molecular complexity index is 551. The van der Waals surface area contributed by atoms with Gasteiger partial charge in [-0.05, 0) is 32.2 Å². The van der Waals surface area contributed by atoms with Crippen molar-refractivity contribution in [3.05, 3.63) is 17.5 Å². The Hall–Kier alpha value is -0.880. The molecule has 0 aliphatic heterocycles. The van der Waals surface area contributed by atoms with Gasteiger partial charge in [0.2, 0.25) is 0 Å². The molecule has 0 amide bonds. The summed E-state index contributed by atoms with van der Waals surface area (Å²) in [5.41, 5.74) is 2.50. The Kier molecular flexibility index (Phi) is 5.81. The lowest BCUT2D eigenvalue weighted by atomic mass is 10.1. The van der Waals surface area contributed by atoms with Crippen molar-refractivity contribution in [1.82, 2.24) is 15.1 Å². The molecule has 1 aromatic rings. The molecule has 21 heavy (non-hydrogen) atoms. The number of hydrogen-bond donors (Lipinski definition) is 1. The Morgan fingerprint density at radius 3 is 2.90 bits per heavy atom. The quantitative estimate of drug-likeness (QED) is 0.783. The highest BCUT2D eigenvalue weighted by Gasteiger charge is 2.22. The van der Waals surface area contributed by atoms with Gasteiger partial charge in [0.05, 0.1) is 18.5 Å². The number of rotatable bonds is 7. The van der Waals surface area contributed by atoms with Crippen LogP contribution in [0.5, 0.6) is 0 Å². The largest absolute Gasteiger partial charge is 0.310 e. The third-order valence-corrected chi connectivity index (χ3v) is 5.89. The highest BCUT2D eigenvalue weighted by molar-refractivity contribution is 7.91. The van der Waals surface area contributed by atoms with E-state index in [1.165, 1.54) is 17.7 Å². The van der Waals surface area contributed by atoms with Crippen molar-refractivity contribution < 1.29 is 8.42 Å². The predicted octanol–water partition coefficient (Wildman–Crippen LogP) is 2.08. The lowest BCUT2D eigenvalue weighted by Gasteiger charge is -2.16. The van der Waals surface area contributed by atoms with Crippen LogP contribution in [0, 0.1) is 0 Å². The summed E-state index contributed by atoms with van der Waals surface area (Å²) in [5, 5.41) is 8.04. The molecule has 1 unspecified atom stereocenters. The topological polar surface area (TPSA) is 64.0 Å². The van der Waals surface area contributed by atoms with Crippen molar-refractivity contribution >= 4 is 9.84 Å². The molecule has 0 saturated heterocycles. The normalized spacial score (nSPS) is 19.2. The first-order valence-corrected chi connectivity index (χ1v) is 9.88. The number of aryl methyl sites for hydroxylation is 1. The Morgan fingerprint density at radius 2 is 2.19 bits per heavy atom. The molecule has 0 fully saturated rings. The van der Waals surface area contributed by atoms with Gasteiger partial charge < -0.3 is 5.32 Å². The van der Waals surface area contributed by atoms with Gasteiger partial charge in [0.15, 0.2) is 9.84 Å². The highest BCUT2D eigenvalue weighted by atomic mass is 32.2. The fourth-order valence-electron chi connectivity index (χ4n) is 2.88. The molecule has 1 atom stereocenters. The van der Waals surface area contributed by atoms with Crippen LogP contribution in [0.1, 0.15) is 56.8 Å². The Labute approximate surface area is 128 Å². The summed E-state index contributed by atoms with van der Waals surface area (Å²) in [6, 6.07) is 0.374. The van der Waals surface area contributed by atoms with Gasteiger partial charge in [-0.1, -0.05) is 20.3 Å². The summed E-state index contributed by atoms with van der Waals surface area (Å²) >= 11 is 0. The molecule has 120 valence electrons. The summed E-state index contributed by atoms with van der Waals surface area (Å²) in [7, 11) is -2.94. The van der Waals surface area contributed by atoms with Crippen molar-refractivity contribution in [2.75, 3.05) is 18.1 Å². The van der Waals surface area contributed by atoms with E-state index >= 15 is 0 Å². The van der Waals surface area contributed by atoms with Crippen LogP contribution >= 0.6 is 0 Å². The second-order valence-electron chi connectivity index (χ2n) is 5.76. The fourth-order valence-corrected chi connectivity index (χ4v) is 3.62. The Morgan fingerprint density at radius 1 is 1.38 bits per heavy atom. The molecule has 1 heterocycles. The van der Waals surface area contributed by atoms with Crippen LogP contribution in [0.15, 0.2) is 6.20 Å². The van der Waals surface area contributed by atoms with E-state index in [4.69, 9.17) is 0 Å². The van der Waals surface area contributed by atoms with Crippen molar-refractivity contribution in [3.8, 4) is 0 Å². The summed E-state index contributed by atoms with van der Waals surface area (Å²) in [4.78, 5) is 0. The van der Waals surface area contributed by atoms with E-state index in [0.29, 0.717) is 12.6 Å². The molecule has 1 N–H and O–H groups in total. The first-order chi connectivity index (χ1) is 10.1. The van der Waals surface area contributed by atoms with Crippen LogP contribution < -0.4 is 5.32 Å². The first kappa shape index (κ1) is 16.5. The molecular weight excluding hydrogens is 286 g/mol. The molecule has 2 rings (SSSR count). The number of fused-ring (bicyclic) bond motifs is 1. The SMILES string of the molecule is CCCNC1CCCCc2c1cnn2CCS(=O)(=O)CC. The lowest BCUT2D eigenvalue weighted by molar-refractivity contribution is 0.489. The number of nitrogens with zero attached hydrogens (tertiary/aromatic N) is 2. The van der Waals surface area contributed by atoms with Gasteiger partial charge >= 0.3 is 0 Å². The number of hydrogen-bond acceptors (Lipinski definition) is 4. The van der Waals surface area contributed by atoms with E-state index in [-0.39, 0.29) is 11.5 Å². The van der Waals surface area contributed by atoms with Crippen LogP contribution in [-0.2, 0) is 22.8 Å². The number of nitrogens with one attached hydrogen (secondary N) is 1. The van der Waals surface area contributed by atoms with Gasteiger partial charge in [0.1, 0.15) is 0 Å². The van der Waals surface area contributed by atoms with Crippen molar-refractivity contribution in [3.63, 3.8) is 0 Å². The average Bonchev–Trinajstić information content (AvgIpc) is 2.77. The molecule has 1 aliphatic rings. The summed E-state index contributed by atoms with van der Waals surface area (Å²) < 4.78 is 25.3. The second kappa shape index (κ2) is 7.40. The van der Waals surface area contributed by atoms with Gasteiger partial charge in [-0.2, -0.15) is 5.10 Å². The van der Waals surface area contributed by atoms with Crippen LogP contribution in [0.4, 0.5) is 0 Å². The monoisotopic (exact) mass is 313 g/mol. The standard InChI is InChI=1S/C15H27N3O2S/c1-3-9-16-14-7-5-6-8-15-13(14)12-17-18(15)10-11-21(19,20)4-2/h12,14,16H,3-11H2,1-2H3. The molecule has 0 radical (unpaired) electrons. The van der Waals surface area contributed by atoms with E-state index in [1.54, 1.807) is 6.92 Å². The maximum Gasteiger partial charge on any atom is 0.151 e. The van der Waals surface area contributed by atoms with E-state index in [0.717, 1.165) is 32.2 Å². The zero-order valence-electron chi connectivity index (χ0n) is 13.1. The summed E-state index contributed by atoms with van der Waals surface area (Å²) in [6.45, 7) is 5.36. The molecule has 1 aromatic heterocycles. The summed E-state index contributed by atoms with van der Waals surface area (Å²) in [6.07, 6.45) is 7.58. The summed E-state index contributed by atoms with van der Waals surface area (Å²) in [5.74, 6) is 0.391. The molecule has 0 spiro atoms. The Balaban J connectivity index is 2.13. The van der Waals surface area contributed by atoms with Gasteiger partial charge in [0.25, 0.3) is 0 Å². The van der Waals surface area contributed by atoms with E-state index in [2.05, 4.69) is 17.3 Å². The van der Waals surface area contributed by atoms with Gasteiger partial charge in [-0.3, -0.25) is 4.68 Å². The second-order valence-corrected chi connectivity index (χ2v) is 8.23. The van der Waals surface area contributed by atoms with Gasteiger partial charge in [0, 0.05) is 23.1 Å². The zero-order valence-corrected chi connectivity index (χ0v) is 14.0. The molecule has 5 nitrogen and oxygen atoms in total. The maximum atomic E-state index is 11.7. The third kappa shape index (κ3) is 4.30. The van der Waals surface area contributed by atoms with Crippen molar-refractivity contribution in [2.45, 2.75) is 58.5 Å². The highest BCUT2D eigenvalue weighted by Crippen LogP contribution is 2.28. The molecule has 0 bridgehead atoms. The van der Waals surface area contributed by atoms with Crippen LogP contribution in [-0.4, -0.2) is 36.2 Å². The molecular formula is C15H27N3O2S. The van der Waals surface area contributed by atoms with Crippen LogP contribution in [0.25, 0.3) is 0 Å². The fraction of sp³-hybridized carbons (Fsp3) is 0.800. The maximum absolute atomic E-state index is 11.7. The van der Waals surface area contributed by atoms with E-state index in [1.807, 2.05) is 10.9 Å². The molecule has 0 aromatic carbocycles. The van der Waals surface area contributed by atoms with E-state index < -0.39 is 9.84 Å². The number of aromatic nitrogens is 2. The molecule has 6 heteroatoms. The predicted molar refractivity (Wildman–Crippen MR) is 85.1 cm³/mol. The number of sulfone groups is 1. The lowest BCUT2D eigenvalue weighted by Crippen LogP contribution is -2.22. The minimum atomic E-state index is -2.94.